The molecule has 5 nitrogen and oxygen atoms in total. The number of hydrogen-bond donors (Lipinski definition) is 2. The number of nitrogens with two attached hydrogens (primary N) is 1. The largest absolute Gasteiger partial charge is 0.369 e. The van der Waals surface area contributed by atoms with Gasteiger partial charge in [-0.05, 0) is 32.9 Å². The quantitative estimate of drug-likeness (QED) is 0.853. The first kappa shape index (κ1) is 16.8. The predicted molar refractivity (Wildman–Crippen MR) is 91.0 cm³/mol. The van der Waals surface area contributed by atoms with Gasteiger partial charge in [0.1, 0.15) is 0 Å². The summed E-state index contributed by atoms with van der Waals surface area (Å²) in [6, 6.07) is 10.8. The Morgan fingerprint density at radius 2 is 1.82 bits per heavy atom. The van der Waals surface area contributed by atoms with E-state index in [-0.39, 0.29) is 5.91 Å². The first-order chi connectivity index (χ1) is 10.4. The van der Waals surface area contributed by atoms with Crippen LogP contribution < -0.4 is 16.0 Å². The van der Waals surface area contributed by atoms with Crippen molar-refractivity contribution in [2.45, 2.75) is 32.4 Å². The van der Waals surface area contributed by atoms with Gasteiger partial charge in [-0.15, -0.1) is 0 Å². The first-order valence-corrected chi connectivity index (χ1v) is 7.99. The SMILES string of the molecule is CC(CNC(=O)C(C)(C)N)N1CCN(c2ccccc2)CC1. The van der Waals surface area contributed by atoms with E-state index in [1.165, 1.54) is 5.69 Å². The molecule has 1 aromatic carbocycles. The number of carbonyl (C=O) groups is 1. The molecular formula is C17H28N4O. The second-order valence-corrected chi connectivity index (χ2v) is 6.64. The minimum Gasteiger partial charge on any atom is -0.369 e. The fourth-order valence-corrected chi connectivity index (χ4v) is 2.66. The van der Waals surface area contributed by atoms with Crippen molar-refractivity contribution in [3.05, 3.63) is 30.3 Å². The second-order valence-electron chi connectivity index (χ2n) is 6.64. The highest BCUT2D eigenvalue weighted by molar-refractivity contribution is 5.85. The van der Waals surface area contributed by atoms with Crippen molar-refractivity contribution in [2.24, 2.45) is 5.73 Å². The van der Waals surface area contributed by atoms with E-state index < -0.39 is 5.54 Å². The Hall–Kier alpha value is -1.59. The molecule has 1 atom stereocenters. The fourth-order valence-electron chi connectivity index (χ4n) is 2.66. The molecule has 1 heterocycles. The van der Waals surface area contributed by atoms with Gasteiger partial charge >= 0.3 is 0 Å². The Labute approximate surface area is 133 Å². The van der Waals surface area contributed by atoms with Crippen LogP contribution in [0.5, 0.6) is 0 Å². The van der Waals surface area contributed by atoms with Crippen LogP contribution >= 0.6 is 0 Å². The van der Waals surface area contributed by atoms with Crippen LogP contribution in [0.15, 0.2) is 30.3 Å². The molecule has 0 spiro atoms. The summed E-state index contributed by atoms with van der Waals surface area (Å²) in [4.78, 5) is 16.7. The molecule has 1 saturated heterocycles. The van der Waals surface area contributed by atoms with Crippen molar-refractivity contribution >= 4 is 11.6 Å². The lowest BCUT2D eigenvalue weighted by atomic mass is 10.1. The molecule has 1 aliphatic heterocycles. The van der Waals surface area contributed by atoms with E-state index in [1.807, 2.05) is 6.07 Å². The summed E-state index contributed by atoms with van der Waals surface area (Å²) < 4.78 is 0. The molecule has 1 amide bonds. The maximum Gasteiger partial charge on any atom is 0.239 e. The van der Waals surface area contributed by atoms with Crippen LogP contribution in [0.3, 0.4) is 0 Å². The zero-order valence-corrected chi connectivity index (χ0v) is 13.9. The summed E-state index contributed by atoms with van der Waals surface area (Å²) in [5, 5.41) is 2.94. The Bertz CT molecular complexity index is 475. The highest BCUT2D eigenvalue weighted by Gasteiger charge is 2.24. The zero-order chi connectivity index (χ0) is 16.2. The van der Waals surface area contributed by atoms with Crippen molar-refractivity contribution in [1.29, 1.82) is 0 Å². The van der Waals surface area contributed by atoms with Gasteiger partial charge < -0.3 is 16.0 Å². The summed E-state index contributed by atoms with van der Waals surface area (Å²) in [5.41, 5.74) is 6.27. The maximum absolute atomic E-state index is 11.8. The fraction of sp³-hybridized carbons (Fsp3) is 0.588. The lowest BCUT2D eigenvalue weighted by Crippen LogP contribution is -2.55. The molecule has 0 radical (unpaired) electrons. The molecule has 1 unspecified atom stereocenters. The normalized spacial score (nSPS) is 18.1. The lowest BCUT2D eigenvalue weighted by Gasteiger charge is -2.39. The Kier molecular flexibility index (Phi) is 5.42. The highest BCUT2D eigenvalue weighted by atomic mass is 16.2. The number of para-hydroxylation sites is 1. The van der Waals surface area contributed by atoms with Gasteiger partial charge in [-0.3, -0.25) is 9.69 Å². The molecule has 1 aliphatic rings. The molecule has 0 saturated carbocycles. The minimum absolute atomic E-state index is 0.0951. The van der Waals surface area contributed by atoms with E-state index in [2.05, 4.69) is 46.3 Å². The lowest BCUT2D eigenvalue weighted by molar-refractivity contribution is -0.125. The van der Waals surface area contributed by atoms with Crippen LogP contribution in [0.2, 0.25) is 0 Å². The van der Waals surface area contributed by atoms with Crippen molar-refractivity contribution < 1.29 is 4.79 Å². The van der Waals surface area contributed by atoms with Gasteiger partial charge in [0, 0.05) is 44.5 Å². The molecular weight excluding hydrogens is 276 g/mol. The van der Waals surface area contributed by atoms with Gasteiger partial charge in [0.05, 0.1) is 5.54 Å². The van der Waals surface area contributed by atoms with E-state index in [1.54, 1.807) is 13.8 Å². The van der Waals surface area contributed by atoms with Crippen LogP contribution in [0, 0.1) is 0 Å². The molecule has 1 fully saturated rings. The molecule has 3 N–H and O–H groups in total. The van der Waals surface area contributed by atoms with Gasteiger partial charge in [0.2, 0.25) is 5.91 Å². The topological polar surface area (TPSA) is 61.6 Å². The number of nitrogens with one attached hydrogen (secondary N) is 1. The zero-order valence-electron chi connectivity index (χ0n) is 13.9. The number of benzene rings is 1. The number of rotatable bonds is 5. The standard InChI is InChI=1S/C17H28N4O/c1-14(13-19-16(22)17(2,3)18)20-9-11-21(12-10-20)15-7-5-4-6-8-15/h4-8,14H,9-13,18H2,1-3H3,(H,19,22). The molecule has 122 valence electrons. The molecule has 22 heavy (non-hydrogen) atoms. The van der Waals surface area contributed by atoms with E-state index in [0.717, 1.165) is 26.2 Å². The van der Waals surface area contributed by atoms with Crippen LogP contribution in [-0.2, 0) is 4.79 Å². The van der Waals surface area contributed by atoms with E-state index in [9.17, 15) is 4.79 Å². The molecule has 0 aliphatic carbocycles. The summed E-state index contributed by atoms with van der Waals surface area (Å²) in [6.07, 6.45) is 0. The maximum atomic E-state index is 11.8. The number of nitrogens with zero attached hydrogens (tertiary/aromatic N) is 2. The average molecular weight is 304 g/mol. The second kappa shape index (κ2) is 7.11. The van der Waals surface area contributed by atoms with Gasteiger partial charge in [-0.1, -0.05) is 18.2 Å². The number of hydrogen-bond acceptors (Lipinski definition) is 4. The molecule has 0 aromatic heterocycles. The first-order valence-electron chi connectivity index (χ1n) is 7.99. The third kappa shape index (κ3) is 4.45. The van der Waals surface area contributed by atoms with Crippen molar-refractivity contribution in [3.8, 4) is 0 Å². The summed E-state index contributed by atoms with van der Waals surface area (Å²) >= 11 is 0. The Balaban J connectivity index is 1.78. The smallest absolute Gasteiger partial charge is 0.239 e. The number of carbonyl (C=O) groups excluding carboxylic acids is 1. The Morgan fingerprint density at radius 1 is 1.23 bits per heavy atom. The van der Waals surface area contributed by atoms with Crippen LogP contribution in [0.1, 0.15) is 20.8 Å². The average Bonchev–Trinajstić information content (AvgIpc) is 2.52. The third-order valence-corrected chi connectivity index (χ3v) is 4.20. The highest BCUT2D eigenvalue weighted by Crippen LogP contribution is 2.16. The summed E-state index contributed by atoms with van der Waals surface area (Å²) in [6.45, 7) is 10.3. The van der Waals surface area contributed by atoms with E-state index >= 15 is 0 Å². The molecule has 5 heteroatoms. The van der Waals surface area contributed by atoms with Crippen LogP contribution in [0.4, 0.5) is 5.69 Å². The molecule has 0 bridgehead atoms. The predicted octanol–water partition coefficient (Wildman–Crippen LogP) is 1.05. The minimum atomic E-state index is -0.814. The van der Waals surface area contributed by atoms with Crippen molar-refractivity contribution in [2.75, 3.05) is 37.6 Å². The third-order valence-electron chi connectivity index (χ3n) is 4.20. The Morgan fingerprint density at radius 3 is 2.36 bits per heavy atom. The summed E-state index contributed by atoms with van der Waals surface area (Å²) in [5.74, 6) is -0.0951. The van der Waals surface area contributed by atoms with Crippen molar-refractivity contribution in [1.82, 2.24) is 10.2 Å². The van der Waals surface area contributed by atoms with Crippen LogP contribution in [-0.4, -0.2) is 55.1 Å². The van der Waals surface area contributed by atoms with Gasteiger partial charge in [-0.25, -0.2) is 0 Å². The van der Waals surface area contributed by atoms with Crippen molar-refractivity contribution in [3.63, 3.8) is 0 Å². The number of anilines is 1. The monoisotopic (exact) mass is 304 g/mol. The van der Waals surface area contributed by atoms with E-state index in [4.69, 9.17) is 5.73 Å². The number of amides is 1. The number of piperazine rings is 1. The van der Waals surface area contributed by atoms with Gasteiger partial charge in [0.25, 0.3) is 0 Å². The molecule has 2 rings (SSSR count). The summed E-state index contributed by atoms with van der Waals surface area (Å²) in [7, 11) is 0. The van der Waals surface area contributed by atoms with Gasteiger partial charge in [-0.2, -0.15) is 0 Å². The van der Waals surface area contributed by atoms with E-state index in [0.29, 0.717) is 12.6 Å². The molecule has 1 aromatic rings. The van der Waals surface area contributed by atoms with Gasteiger partial charge in [0.15, 0.2) is 0 Å². The van der Waals surface area contributed by atoms with Crippen LogP contribution in [0.25, 0.3) is 0 Å².